The van der Waals surface area contributed by atoms with E-state index in [2.05, 4.69) is 10.1 Å². The third kappa shape index (κ3) is 4.33. The van der Waals surface area contributed by atoms with Gasteiger partial charge in [0.05, 0.1) is 17.7 Å². The molecule has 4 aromatic rings. The van der Waals surface area contributed by atoms with Gasteiger partial charge in [-0.1, -0.05) is 12.1 Å². The molecule has 0 N–H and O–H groups in total. The number of benzene rings is 2. The summed E-state index contributed by atoms with van der Waals surface area (Å²) in [4.78, 5) is 30.8. The average Bonchev–Trinajstić information content (AvgIpc) is 3.38. The van der Waals surface area contributed by atoms with E-state index in [1.807, 2.05) is 24.4 Å². The van der Waals surface area contributed by atoms with Crippen LogP contribution < -0.4 is 15.2 Å². The first-order chi connectivity index (χ1) is 15.9. The Morgan fingerprint density at radius 2 is 2.00 bits per heavy atom. The normalized spacial score (nSPS) is 10.8. The second-order valence-corrected chi connectivity index (χ2v) is 8.07. The van der Waals surface area contributed by atoms with Crippen LogP contribution in [0.1, 0.15) is 6.92 Å². The van der Waals surface area contributed by atoms with Crippen molar-refractivity contribution >= 4 is 22.7 Å². The average molecular weight is 464 g/mol. The van der Waals surface area contributed by atoms with Gasteiger partial charge in [-0.25, -0.2) is 4.98 Å². The molecular weight excluding hydrogens is 442 g/mol. The summed E-state index contributed by atoms with van der Waals surface area (Å²) in [6.45, 7) is 2.49. The Balaban J connectivity index is 2.01. The van der Waals surface area contributed by atoms with Gasteiger partial charge < -0.3 is 9.64 Å². The number of hydrogen-bond donors (Lipinski definition) is 0. The molecular formula is C23H21N5O4S. The Kier molecular flexibility index (Phi) is 6.18. The first-order valence-corrected chi connectivity index (χ1v) is 11.0. The van der Waals surface area contributed by atoms with Gasteiger partial charge in [-0.2, -0.15) is 9.78 Å². The van der Waals surface area contributed by atoms with Gasteiger partial charge in [0.1, 0.15) is 22.1 Å². The van der Waals surface area contributed by atoms with E-state index in [0.717, 1.165) is 4.68 Å². The lowest BCUT2D eigenvalue weighted by molar-refractivity contribution is -0.384. The van der Waals surface area contributed by atoms with Gasteiger partial charge in [0.15, 0.2) is 0 Å². The fourth-order valence-electron chi connectivity index (χ4n) is 3.36. The minimum absolute atomic E-state index is 0.0770. The largest absolute Gasteiger partial charge is 0.497 e. The highest BCUT2D eigenvalue weighted by atomic mass is 32.1. The Bertz CT molecular complexity index is 1370. The molecule has 0 radical (unpaired) electrons. The van der Waals surface area contributed by atoms with E-state index in [1.54, 1.807) is 55.6 Å². The van der Waals surface area contributed by atoms with E-state index in [0.29, 0.717) is 39.8 Å². The molecule has 0 aliphatic heterocycles. The van der Waals surface area contributed by atoms with E-state index in [9.17, 15) is 14.9 Å². The van der Waals surface area contributed by atoms with Gasteiger partial charge in [-0.3, -0.25) is 14.9 Å². The van der Waals surface area contributed by atoms with E-state index in [4.69, 9.17) is 4.74 Å². The Morgan fingerprint density at radius 1 is 1.18 bits per heavy atom. The van der Waals surface area contributed by atoms with Crippen molar-refractivity contribution in [1.82, 2.24) is 14.8 Å². The van der Waals surface area contributed by atoms with Crippen molar-refractivity contribution in [2.75, 3.05) is 25.6 Å². The second-order valence-electron chi connectivity index (χ2n) is 7.18. The molecule has 2 aromatic carbocycles. The Hall–Kier alpha value is -4.05. The SMILES string of the molecule is CCN(C)c1cc(-c2cccc(OC)c2)nn(-c2cc(-c3nccs3)ccc2[N+](=O)[O-])c1=O. The van der Waals surface area contributed by atoms with Crippen molar-refractivity contribution in [2.24, 2.45) is 0 Å². The maximum absolute atomic E-state index is 13.4. The van der Waals surface area contributed by atoms with Crippen molar-refractivity contribution in [3.8, 4) is 33.3 Å². The molecule has 0 unspecified atom stereocenters. The van der Waals surface area contributed by atoms with Crippen LogP contribution in [0.2, 0.25) is 0 Å². The topological polar surface area (TPSA) is 103 Å². The minimum atomic E-state index is -0.517. The van der Waals surface area contributed by atoms with Crippen LogP contribution in [0.3, 0.4) is 0 Å². The van der Waals surface area contributed by atoms with Crippen molar-refractivity contribution in [1.29, 1.82) is 0 Å². The van der Waals surface area contributed by atoms with Crippen LogP contribution in [0, 0.1) is 10.1 Å². The third-order valence-corrected chi connectivity index (χ3v) is 6.05. The molecule has 2 aromatic heterocycles. The van der Waals surface area contributed by atoms with Crippen LogP contribution in [-0.2, 0) is 0 Å². The summed E-state index contributed by atoms with van der Waals surface area (Å²) in [6, 6.07) is 13.5. The predicted molar refractivity (Wildman–Crippen MR) is 129 cm³/mol. The first-order valence-electron chi connectivity index (χ1n) is 10.1. The molecule has 0 saturated heterocycles. The van der Waals surface area contributed by atoms with E-state index in [1.165, 1.54) is 17.4 Å². The van der Waals surface area contributed by atoms with Crippen molar-refractivity contribution in [3.63, 3.8) is 0 Å². The second kappa shape index (κ2) is 9.21. The lowest BCUT2D eigenvalue weighted by Crippen LogP contribution is -2.30. The van der Waals surface area contributed by atoms with Crippen molar-refractivity contribution in [2.45, 2.75) is 6.92 Å². The van der Waals surface area contributed by atoms with Gasteiger partial charge in [0.25, 0.3) is 11.2 Å². The Labute approximate surface area is 193 Å². The highest BCUT2D eigenvalue weighted by Gasteiger charge is 2.22. The number of ether oxygens (including phenoxy) is 1. The summed E-state index contributed by atoms with van der Waals surface area (Å²) in [7, 11) is 3.36. The maximum atomic E-state index is 13.4. The van der Waals surface area contributed by atoms with Crippen LogP contribution >= 0.6 is 11.3 Å². The molecule has 0 fully saturated rings. The molecule has 0 bridgehead atoms. The van der Waals surface area contributed by atoms with Crippen molar-refractivity contribution < 1.29 is 9.66 Å². The van der Waals surface area contributed by atoms with E-state index < -0.39 is 10.5 Å². The lowest BCUT2D eigenvalue weighted by Gasteiger charge is -2.19. The maximum Gasteiger partial charge on any atom is 0.295 e. The number of nitrogens with zero attached hydrogens (tertiary/aromatic N) is 5. The summed E-state index contributed by atoms with van der Waals surface area (Å²) in [5.41, 5.74) is 1.64. The summed E-state index contributed by atoms with van der Waals surface area (Å²) in [5.74, 6) is 0.634. The number of thiazole rings is 1. The zero-order valence-electron chi connectivity index (χ0n) is 18.3. The van der Waals surface area contributed by atoms with Gasteiger partial charge in [-0.15, -0.1) is 11.3 Å². The Morgan fingerprint density at radius 3 is 2.67 bits per heavy atom. The molecule has 0 aliphatic carbocycles. The van der Waals surface area contributed by atoms with Gasteiger partial charge >= 0.3 is 0 Å². The highest BCUT2D eigenvalue weighted by Crippen LogP contribution is 2.31. The molecule has 0 saturated carbocycles. The predicted octanol–water partition coefficient (Wildman–Crippen LogP) is 4.40. The van der Waals surface area contributed by atoms with Gasteiger partial charge in [0.2, 0.25) is 0 Å². The number of hydrogen-bond acceptors (Lipinski definition) is 8. The molecule has 9 nitrogen and oxygen atoms in total. The molecule has 0 amide bonds. The molecule has 2 heterocycles. The lowest BCUT2D eigenvalue weighted by atomic mass is 10.1. The number of nitro benzene ring substituents is 1. The van der Waals surface area contributed by atoms with Crippen molar-refractivity contribution in [3.05, 3.63) is 80.6 Å². The zero-order chi connectivity index (χ0) is 23.5. The number of anilines is 1. The fraction of sp³-hybridized carbons (Fsp3) is 0.174. The van der Waals surface area contributed by atoms with E-state index >= 15 is 0 Å². The summed E-state index contributed by atoms with van der Waals surface area (Å²) < 4.78 is 6.42. The van der Waals surface area contributed by atoms with E-state index in [-0.39, 0.29) is 11.4 Å². The van der Waals surface area contributed by atoms with Crippen LogP contribution in [0.25, 0.3) is 27.5 Å². The molecule has 10 heteroatoms. The first kappa shape index (κ1) is 22.2. The fourth-order valence-corrected chi connectivity index (χ4v) is 3.99. The van der Waals surface area contributed by atoms with Gasteiger partial charge in [-0.05, 0) is 37.3 Å². The van der Waals surface area contributed by atoms with Crippen LogP contribution in [-0.4, -0.2) is 40.4 Å². The third-order valence-electron chi connectivity index (χ3n) is 5.22. The number of methoxy groups -OCH3 is 1. The number of nitro groups is 1. The number of aromatic nitrogens is 3. The molecule has 168 valence electrons. The quantitative estimate of drug-likeness (QED) is 0.296. The smallest absolute Gasteiger partial charge is 0.295 e. The van der Waals surface area contributed by atoms with Crippen LogP contribution in [0.15, 0.2) is 64.9 Å². The van der Waals surface area contributed by atoms with Crippen LogP contribution in [0.4, 0.5) is 11.4 Å². The standard InChI is InChI=1S/C23H21N5O4S/c1-4-26(2)21-14-18(15-6-5-7-17(12-15)32-3)25-27(23(21)29)20-13-16(22-24-10-11-33-22)8-9-19(20)28(30)31/h5-14H,4H2,1-3H3. The summed E-state index contributed by atoms with van der Waals surface area (Å²) in [5, 5.41) is 18.9. The monoisotopic (exact) mass is 463 g/mol. The minimum Gasteiger partial charge on any atom is -0.497 e. The zero-order valence-corrected chi connectivity index (χ0v) is 19.1. The summed E-state index contributed by atoms with van der Waals surface area (Å²) >= 11 is 1.40. The molecule has 4 rings (SSSR count). The molecule has 0 atom stereocenters. The highest BCUT2D eigenvalue weighted by molar-refractivity contribution is 7.13. The van der Waals surface area contributed by atoms with Crippen LogP contribution in [0.5, 0.6) is 5.75 Å². The molecule has 0 spiro atoms. The molecule has 0 aliphatic rings. The van der Waals surface area contributed by atoms with Gasteiger partial charge in [0, 0.05) is 42.4 Å². The number of rotatable bonds is 7. The summed E-state index contributed by atoms with van der Waals surface area (Å²) in [6.07, 6.45) is 1.66. The molecule has 33 heavy (non-hydrogen) atoms.